The normalized spacial score (nSPS) is 21.6. The van der Waals surface area contributed by atoms with Crippen LogP contribution in [0.3, 0.4) is 0 Å². The van der Waals surface area contributed by atoms with E-state index in [1.54, 1.807) is 59.4 Å². The minimum absolute atomic E-state index is 0.0834. The number of aryl methyl sites for hydroxylation is 1. The van der Waals surface area contributed by atoms with E-state index in [0.717, 1.165) is 61.3 Å². The first-order valence-corrected chi connectivity index (χ1v) is 26.7. The Morgan fingerprint density at radius 3 is 2.05 bits per heavy atom. The highest BCUT2D eigenvalue weighted by Gasteiger charge is 2.56. The molecule has 3 aromatic carbocycles. The fourth-order valence-corrected chi connectivity index (χ4v) is 12.1. The predicted octanol–water partition coefficient (Wildman–Crippen LogP) is 8.77. The van der Waals surface area contributed by atoms with Crippen LogP contribution in [0.15, 0.2) is 82.5 Å². The molecule has 1 aromatic heterocycles. The van der Waals surface area contributed by atoms with E-state index < -0.39 is 46.1 Å². The molecule has 0 unspecified atom stereocenters. The van der Waals surface area contributed by atoms with Gasteiger partial charge in [0.2, 0.25) is 11.5 Å². The minimum Gasteiger partial charge on any atom is -0.539 e. The van der Waals surface area contributed by atoms with Crippen LogP contribution in [-0.4, -0.2) is 120 Å². The van der Waals surface area contributed by atoms with Crippen molar-refractivity contribution in [1.82, 2.24) is 9.88 Å². The number of oxime groups is 1. The number of ketones is 2. The first-order chi connectivity index (χ1) is 35.2. The third-order valence-electron chi connectivity index (χ3n) is 14.1. The van der Waals surface area contributed by atoms with Gasteiger partial charge >= 0.3 is 20.0 Å². The van der Waals surface area contributed by atoms with Crippen molar-refractivity contribution >= 4 is 77.9 Å². The number of thiazole rings is 1. The lowest BCUT2D eigenvalue weighted by molar-refractivity contribution is -0.941. The van der Waals surface area contributed by atoms with Crippen LogP contribution in [0.5, 0.6) is 23.0 Å². The Hall–Kier alpha value is -5.89. The number of halogens is 1. The van der Waals surface area contributed by atoms with Gasteiger partial charge in [0.15, 0.2) is 28.8 Å². The van der Waals surface area contributed by atoms with E-state index >= 15 is 0 Å². The zero-order valence-electron chi connectivity index (χ0n) is 43.0. The molecule has 74 heavy (non-hydrogen) atoms. The number of carbonyl (C=O) groups is 5. The molecular weight excluding hydrogens is 1010 g/mol. The Morgan fingerprint density at radius 2 is 1.50 bits per heavy atom. The topological polar surface area (TPSA) is 178 Å². The lowest BCUT2D eigenvalue weighted by Gasteiger charge is -2.56. The summed E-state index contributed by atoms with van der Waals surface area (Å²) in [5, 5.41) is 6.13. The zero-order valence-corrected chi connectivity index (χ0v) is 45.3. The Labute approximate surface area is 446 Å². The second-order valence-corrected chi connectivity index (χ2v) is 23.4. The number of rotatable bonds is 21. The van der Waals surface area contributed by atoms with Crippen molar-refractivity contribution in [3.05, 3.63) is 110 Å². The third-order valence-corrected chi connectivity index (χ3v) is 16.7. The molecule has 2 atom stereocenters. The van der Waals surface area contributed by atoms with Gasteiger partial charge in [-0.2, -0.15) is 0 Å². The average molecular weight is 1070 g/mol. The quantitative estimate of drug-likeness (QED) is 0.0147. The number of hydrogen-bond donors (Lipinski definition) is 0. The van der Waals surface area contributed by atoms with Crippen molar-refractivity contribution in [2.24, 2.45) is 16.5 Å². The number of aromatic nitrogens is 1. The Bertz CT molecular complexity index is 2840. The van der Waals surface area contributed by atoms with Gasteiger partial charge in [0.25, 0.3) is 0 Å². The molecule has 16 nitrogen and oxygen atoms in total. The van der Waals surface area contributed by atoms with Crippen molar-refractivity contribution in [2.75, 3.05) is 46.2 Å². The summed E-state index contributed by atoms with van der Waals surface area (Å²) in [5.41, 5.74) is 0.531. The molecular formula is C54H61BClN4O12S2+. The first-order valence-electron chi connectivity index (χ1n) is 24.4. The van der Waals surface area contributed by atoms with Crippen LogP contribution in [-0.2, 0) is 46.6 Å². The maximum atomic E-state index is 14.4. The van der Waals surface area contributed by atoms with E-state index in [4.69, 9.17) is 52.8 Å². The maximum absolute atomic E-state index is 14.4. The SMILES string of the molecule is [B]OC(=O)C1=C(C[N+]23CCC(CC(=O)c4ccc(OCc5ccc(OC)cc5)c(OCc5ccc(OC)cc5)c4Cl)(CC2)CC3)CS[C@@H]2[C@H](CC(=O)/C(=N\OC(C)(C)C(=O)OC(C)(C)C)c3csc(C)n3)C(=O)N12. The molecule has 4 saturated heterocycles. The number of benzene rings is 3. The van der Waals surface area contributed by atoms with Gasteiger partial charge in [-0.25, -0.2) is 14.6 Å². The summed E-state index contributed by atoms with van der Waals surface area (Å²) in [4.78, 5) is 80.5. The third kappa shape index (κ3) is 12.0. The smallest absolute Gasteiger partial charge is 0.378 e. The van der Waals surface area contributed by atoms with Crippen molar-refractivity contribution in [1.29, 1.82) is 0 Å². The molecule has 2 radical (unpaired) electrons. The van der Waals surface area contributed by atoms with Gasteiger partial charge in [-0.05, 0) is 94.5 Å². The highest BCUT2D eigenvalue weighted by atomic mass is 35.5. The average Bonchev–Trinajstić information content (AvgIpc) is 3.82. The van der Waals surface area contributed by atoms with Gasteiger partial charge in [-0.1, -0.05) is 41.0 Å². The van der Waals surface area contributed by atoms with Crippen molar-refractivity contribution < 1.29 is 61.6 Å². The number of thioether (sulfide) groups is 1. The first kappa shape index (κ1) is 54.4. The van der Waals surface area contributed by atoms with Crippen LogP contribution in [0.25, 0.3) is 0 Å². The molecule has 5 aliphatic heterocycles. The molecule has 1 amide bonds. The lowest BCUT2D eigenvalue weighted by atomic mass is 9.67. The number of esters is 1. The van der Waals surface area contributed by atoms with Crippen LogP contribution in [0.4, 0.5) is 0 Å². The fraction of sp³-hybridized carbons (Fsp3) is 0.463. The summed E-state index contributed by atoms with van der Waals surface area (Å²) in [6.45, 7) is 13.1. The van der Waals surface area contributed by atoms with Gasteiger partial charge < -0.3 is 37.7 Å². The molecule has 9 rings (SSSR count). The van der Waals surface area contributed by atoms with Gasteiger partial charge in [0.1, 0.15) is 48.2 Å². The molecule has 5 aliphatic rings. The second-order valence-electron chi connectivity index (χ2n) is 20.8. The number of quaternary nitrogens is 1. The van der Waals surface area contributed by atoms with Crippen LogP contribution >= 0.6 is 34.7 Å². The summed E-state index contributed by atoms with van der Waals surface area (Å²) < 4.78 is 34.2. The van der Waals surface area contributed by atoms with Crippen LogP contribution in [0, 0.1) is 18.3 Å². The van der Waals surface area contributed by atoms with Crippen LogP contribution < -0.4 is 18.9 Å². The fourth-order valence-electron chi connectivity index (χ4n) is 9.83. The number of ether oxygens (including phenoxy) is 5. The van der Waals surface area contributed by atoms with Gasteiger partial charge in [-0.3, -0.25) is 19.3 Å². The summed E-state index contributed by atoms with van der Waals surface area (Å²) in [6, 6.07) is 18.5. The number of hydrogen-bond acceptors (Lipinski definition) is 16. The largest absolute Gasteiger partial charge is 0.539 e. The number of fused-ring (bicyclic) bond motifs is 4. The summed E-state index contributed by atoms with van der Waals surface area (Å²) in [5.74, 6) is -0.760. The number of β-lactam (4-membered cyclic amide) rings is 1. The predicted molar refractivity (Wildman–Crippen MR) is 281 cm³/mol. The molecule has 20 heteroatoms. The monoisotopic (exact) mass is 1070 g/mol. The second kappa shape index (κ2) is 22.1. The number of nitrogens with zero attached hydrogens (tertiary/aromatic N) is 4. The highest BCUT2D eigenvalue weighted by Crippen LogP contribution is 2.51. The van der Waals surface area contributed by atoms with Crippen molar-refractivity contribution in [3.63, 3.8) is 0 Å². The van der Waals surface area contributed by atoms with Gasteiger partial charge in [0, 0.05) is 54.4 Å². The Balaban J connectivity index is 0.937. The molecule has 0 saturated carbocycles. The van der Waals surface area contributed by atoms with E-state index in [2.05, 4.69) is 10.1 Å². The molecule has 0 spiro atoms. The van der Waals surface area contributed by atoms with Crippen LogP contribution in [0.1, 0.15) is 98.9 Å². The molecule has 0 N–H and O–H groups in total. The van der Waals surface area contributed by atoms with E-state index in [1.807, 2.05) is 48.5 Å². The highest BCUT2D eigenvalue weighted by molar-refractivity contribution is 8.00. The van der Waals surface area contributed by atoms with Crippen LogP contribution in [0.2, 0.25) is 5.02 Å². The maximum Gasteiger partial charge on any atom is 0.378 e. The zero-order chi connectivity index (χ0) is 53.2. The van der Waals surface area contributed by atoms with Crippen molar-refractivity contribution in [2.45, 2.75) is 103 Å². The van der Waals surface area contributed by atoms with Gasteiger partial charge in [0.05, 0.1) is 55.2 Å². The van der Waals surface area contributed by atoms with E-state index in [9.17, 15) is 24.0 Å². The lowest BCUT2D eigenvalue weighted by Crippen LogP contribution is -2.65. The number of methoxy groups -OCH3 is 2. The van der Waals surface area contributed by atoms with E-state index in [1.165, 1.54) is 41.8 Å². The number of carbonyl (C=O) groups excluding carboxylic acids is 5. The number of amides is 1. The van der Waals surface area contributed by atoms with Crippen molar-refractivity contribution in [3.8, 4) is 23.0 Å². The van der Waals surface area contributed by atoms with E-state index in [0.29, 0.717) is 45.3 Å². The summed E-state index contributed by atoms with van der Waals surface area (Å²) in [7, 11) is 8.73. The summed E-state index contributed by atoms with van der Waals surface area (Å²) in [6.07, 6.45) is 2.37. The standard InChI is InChI=1S/C54H61BClN4O12S2/c1-32-57-40(31-73-32)45(58-72-53(5,6)51(65)70-52(2,3)4)41(61)25-39-48(63)59-46(50(64)71-55)35(30-74-49(39)59)27-60-22-19-54(20-23-60,21-24-60)26-42(62)38-17-18-43(68-28-33-9-13-36(66-7)14-10-33)47(44(38)56)69-29-34-11-15-37(67-8)16-12-34/h9-18,31,39,49H,19-30H2,1-8H3/q+1/b58-45-/t39-,49-,54?,60?/m1/s1. The Morgan fingerprint density at radius 1 is 0.892 bits per heavy atom. The molecule has 0 aliphatic carbocycles. The van der Waals surface area contributed by atoms with Gasteiger partial charge in [-0.15, -0.1) is 23.1 Å². The minimum atomic E-state index is -1.55. The Kier molecular flexibility index (Phi) is 16.3. The number of piperidine rings is 3. The molecule has 4 fully saturated rings. The molecule has 2 bridgehead atoms. The number of Topliss-reactive ketones (excluding diaryl/α,β-unsaturated/α-hetero) is 2. The molecule has 4 aromatic rings. The molecule has 6 heterocycles. The van der Waals surface area contributed by atoms with E-state index in [-0.39, 0.29) is 58.7 Å². The summed E-state index contributed by atoms with van der Waals surface area (Å²) >= 11 is 9.90. The molecule has 390 valence electrons.